The third kappa shape index (κ3) is 3.05. The summed E-state index contributed by atoms with van der Waals surface area (Å²) < 4.78 is 0. The molecule has 0 spiro atoms. The number of nitrogen functional groups attached to an aromatic ring is 1. The Morgan fingerprint density at radius 3 is 2.68 bits per heavy atom. The summed E-state index contributed by atoms with van der Waals surface area (Å²) in [7, 11) is 0. The SMILES string of the molecule is N#CCCN(C(=O)c1nnc(N)s1)c1ccccc1. The first-order valence-corrected chi connectivity index (χ1v) is 6.37. The number of hydrogen-bond acceptors (Lipinski definition) is 6. The predicted molar refractivity (Wildman–Crippen MR) is 72.7 cm³/mol. The van der Waals surface area contributed by atoms with Crippen LogP contribution in [0.2, 0.25) is 0 Å². The van der Waals surface area contributed by atoms with Gasteiger partial charge in [-0.25, -0.2) is 0 Å². The zero-order chi connectivity index (χ0) is 13.7. The molecule has 0 saturated carbocycles. The first-order chi connectivity index (χ1) is 9.22. The van der Waals surface area contributed by atoms with Crippen molar-refractivity contribution in [2.45, 2.75) is 6.42 Å². The Hall–Kier alpha value is -2.46. The van der Waals surface area contributed by atoms with Crippen LogP contribution in [-0.2, 0) is 0 Å². The van der Waals surface area contributed by atoms with Gasteiger partial charge in [0.15, 0.2) is 0 Å². The van der Waals surface area contributed by atoms with Crippen LogP contribution in [0.15, 0.2) is 30.3 Å². The van der Waals surface area contributed by atoms with E-state index in [4.69, 9.17) is 11.0 Å². The Morgan fingerprint density at radius 2 is 2.11 bits per heavy atom. The van der Waals surface area contributed by atoms with Crippen LogP contribution in [0.4, 0.5) is 10.8 Å². The molecule has 6 nitrogen and oxygen atoms in total. The van der Waals surface area contributed by atoms with E-state index in [0.29, 0.717) is 6.54 Å². The fraction of sp³-hybridized carbons (Fsp3) is 0.167. The standard InChI is InChI=1S/C12H11N5OS/c13-7-4-8-17(9-5-2-1-3-6-9)11(18)10-15-16-12(14)19-10/h1-3,5-6H,4,8H2,(H2,14,16). The van der Waals surface area contributed by atoms with Crippen LogP contribution in [0.25, 0.3) is 0 Å². The monoisotopic (exact) mass is 273 g/mol. The number of nitrogens with two attached hydrogens (primary N) is 1. The van der Waals surface area contributed by atoms with Crippen molar-refractivity contribution in [2.75, 3.05) is 17.2 Å². The Morgan fingerprint density at radius 1 is 1.37 bits per heavy atom. The summed E-state index contributed by atoms with van der Waals surface area (Å²) in [4.78, 5) is 13.8. The van der Waals surface area contributed by atoms with Gasteiger partial charge in [0.25, 0.3) is 5.91 Å². The predicted octanol–water partition coefficient (Wildman–Crippen LogP) is 1.68. The zero-order valence-corrected chi connectivity index (χ0v) is 10.8. The molecule has 96 valence electrons. The molecule has 0 fully saturated rings. The molecule has 2 rings (SSSR count). The van der Waals surface area contributed by atoms with Gasteiger partial charge in [-0.1, -0.05) is 29.5 Å². The van der Waals surface area contributed by atoms with Gasteiger partial charge in [0.2, 0.25) is 10.1 Å². The molecule has 0 radical (unpaired) electrons. The van der Waals surface area contributed by atoms with Crippen molar-refractivity contribution in [1.82, 2.24) is 10.2 Å². The number of anilines is 2. The molecule has 1 heterocycles. The fourth-order valence-electron chi connectivity index (χ4n) is 1.55. The Labute approximate surface area is 114 Å². The van der Waals surface area contributed by atoms with Gasteiger partial charge in [0.05, 0.1) is 12.5 Å². The van der Waals surface area contributed by atoms with Crippen LogP contribution in [0.5, 0.6) is 0 Å². The van der Waals surface area contributed by atoms with E-state index in [-0.39, 0.29) is 22.5 Å². The van der Waals surface area contributed by atoms with Gasteiger partial charge in [-0.15, -0.1) is 10.2 Å². The Balaban J connectivity index is 2.28. The summed E-state index contributed by atoms with van der Waals surface area (Å²) in [6.45, 7) is 0.304. The molecule has 1 amide bonds. The zero-order valence-electron chi connectivity index (χ0n) is 9.98. The average Bonchev–Trinajstić information content (AvgIpc) is 2.87. The van der Waals surface area contributed by atoms with Crippen molar-refractivity contribution in [3.8, 4) is 6.07 Å². The summed E-state index contributed by atoms with van der Waals surface area (Å²) in [5, 5.41) is 16.5. The number of aromatic nitrogens is 2. The number of nitrogens with zero attached hydrogens (tertiary/aromatic N) is 4. The van der Waals surface area contributed by atoms with Crippen molar-refractivity contribution < 1.29 is 4.79 Å². The van der Waals surface area contributed by atoms with E-state index < -0.39 is 0 Å². The molecule has 2 aromatic rings. The van der Waals surface area contributed by atoms with Crippen molar-refractivity contribution in [3.05, 3.63) is 35.3 Å². The Bertz CT molecular complexity index is 604. The number of nitriles is 1. The van der Waals surface area contributed by atoms with Gasteiger partial charge in [-0.3, -0.25) is 4.79 Å². The lowest BCUT2D eigenvalue weighted by Gasteiger charge is -2.20. The highest BCUT2D eigenvalue weighted by molar-refractivity contribution is 7.17. The second-order valence-electron chi connectivity index (χ2n) is 3.65. The molecule has 1 aromatic carbocycles. The smallest absolute Gasteiger partial charge is 0.289 e. The maximum Gasteiger partial charge on any atom is 0.289 e. The van der Waals surface area contributed by atoms with E-state index in [1.807, 2.05) is 24.3 Å². The van der Waals surface area contributed by atoms with Crippen LogP contribution in [0, 0.1) is 11.3 Å². The molecule has 0 saturated heterocycles. The highest BCUT2D eigenvalue weighted by Crippen LogP contribution is 2.19. The van der Waals surface area contributed by atoms with E-state index in [9.17, 15) is 4.79 Å². The fourth-order valence-corrected chi connectivity index (χ4v) is 2.11. The second kappa shape index (κ2) is 5.93. The third-order valence-corrected chi connectivity index (χ3v) is 3.12. The number of amides is 1. The van der Waals surface area contributed by atoms with E-state index in [1.165, 1.54) is 4.90 Å². The van der Waals surface area contributed by atoms with E-state index >= 15 is 0 Å². The second-order valence-corrected chi connectivity index (χ2v) is 4.66. The first-order valence-electron chi connectivity index (χ1n) is 5.55. The van der Waals surface area contributed by atoms with E-state index in [1.54, 1.807) is 12.1 Å². The van der Waals surface area contributed by atoms with Crippen molar-refractivity contribution in [3.63, 3.8) is 0 Å². The normalized spacial score (nSPS) is 9.84. The number of hydrogen-bond donors (Lipinski definition) is 1. The summed E-state index contributed by atoms with van der Waals surface area (Å²) in [5.41, 5.74) is 6.20. The highest BCUT2D eigenvalue weighted by Gasteiger charge is 2.21. The van der Waals surface area contributed by atoms with Gasteiger partial charge < -0.3 is 10.6 Å². The van der Waals surface area contributed by atoms with Crippen LogP contribution in [0.1, 0.15) is 16.2 Å². The number of carbonyl (C=O) groups is 1. The van der Waals surface area contributed by atoms with Gasteiger partial charge in [0, 0.05) is 12.2 Å². The van der Waals surface area contributed by atoms with E-state index in [0.717, 1.165) is 17.0 Å². The van der Waals surface area contributed by atoms with Crippen molar-refractivity contribution in [1.29, 1.82) is 5.26 Å². The molecular weight excluding hydrogens is 262 g/mol. The minimum absolute atomic E-state index is 0.222. The molecule has 2 N–H and O–H groups in total. The summed E-state index contributed by atoms with van der Waals surface area (Å²) >= 11 is 1.03. The summed E-state index contributed by atoms with van der Waals surface area (Å²) in [5.74, 6) is -0.296. The van der Waals surface area contributed by atoms with Gasteiger partial charge in [-0.2, -0.15) is 5.26 Å². The molecule has 1 aromatic heterocycles. The topological polar surface area (TPSA) is 95.9 Å². The van der Waals surface area contributed by atoms with Gasteiger partial charge >= 0.3 is 0 Å². The van der Waals surface area contributed by atoms with Crippen LogP contribution in [0.3, 0.4) is 0 Å². The van der Waals surface area contributed by atoms with Crippen molar-refractivity contribution >= 4 is 28.1 Å². The molecule has 0 unspecified atom stereocenters. The largest absolute Gasteiger partial charge is 0.374 e. The average molecular weight is 273 g/mol. The van der Waals surface area contributed by atoms with Gasteiger partial charge in [0.1, 0.15) is 0 Å². The van der Waals surface area contributed by atoms with Crippen LogP contribution < -0.4 is 10.6 Å². The number of benzene rings is 1. The molecule has 0 aliphatic heterocycles. The highest BCUT2D eigenvalue weighted by atomic mass is 32.1. The lowest BCUT2D eigenvalue weighted by atomic mass is 10.2. The third-order valence-electron chi connectivity index (χ3n) is 2.38. The minimum Gasteiger partial charge on any atom is -0.374 e. The lowest BCUT2D eigenvalue weighted by Crippen LogP contribution is -2.31. The molecule has 19 heavy (non-hydrogen) atoms. The number of carbonyl (C=O) groups excluding carboxylic acids is 1. The minimum atomic E-state index is -0.296. The van der Waals surface area contributed by atoms with Crippen LogP contribution in [-0.4, -0.2) is 22.6 Å². The molecular formula is C12H11N5OS. The maximum atomic E-state index is 12.3. The maximum absolute atomic E-state index is 12.3. The molecule has 0 atom stereocenters. The molecule has 0 aliphatic rings. The summed E-state index contributed by atoms with van der Waals surface area (Å²) in [6.07, 6.45) is 0.245. The molecule has 0 bridgehead atoms. The van der Waals surface area contributed by atoms with E-state index in [2.05, 4.69) is 10.2 Å². The van der Waals surface area contributed by atoms with Crippen LogP contribution >= 0.6 is 11.3 Å². The quantitative estimate of drug-likeness (QED) is 0.914. The molecule has 0 aliphatic carbocycles. The van der Waals surface area contributed by atoms with Crippen molar-refractivity contribution in [2.24, 2.45) is 0 Å². The Kier molecular flexibility index (Phi) is 4.05. The lowest BCUT2D eigenvalue weighted by molar-refractivity contribution is 0.0986. The number of para-hydroxylation sites is 1. The molecule has 7 heteroatoms. The number of rotatable bonds is 4. The summed E-state index contributed by atoms with van der Waals surface area (Å²) in [6, 6.07) is 11.2. The van der Waals surface area contributed by atoms with Gasteiger partial charge in [-0.05, 0) is 12.1 Å². The first kappa shape index (κ1) is 13.0.